The van der Waals surface area contributed by atoms with E-state index in [2.05, 4.69) is 20.7 Å². The molecule has 1 aliphatic rings. The predicted octanol–water partition coefficient (Wildman–Crippen LogP) is 2.42. The minimum Gasteiger partial charge on any atom is -0.330 e. The molecule has 1 aliphatic heterocycles. The number of anilines is 2. The van der Waals surface area contributed by atoms with Crippen LogP contribution < -0.4 is 16.2 Å². The lowest BCUT2D eigenvalue weighted by Crippen LogP contribution is -2.32. The number of nitrogens with zero attached hydrogens (tertiary/aromatic N) is 5. The zero-order valence-corrected chi connectivity index (χ0v) is 20.2. The highest BCUT2D eigenvalue weighted by Crippen LogP contribution is 2.25. The van der Waals surface area contributed by atoms with Crippen LogP contribution in [0.1, 0.15) is 40.4 Å². The van der Waals surface area contributed by atoms with Crippen molar-refractivity contribution in [2.24, 2.45) is 0 Å². The van der Waals surface area contributed by atoms with Gasteiger partial charge >= 0.3 is 0 Å². The summed E-state index contributed by atoms with van der Waals surface area (Å²) in [5.74, 6) is -2.69. The van der Waals surface area contributed by atoms with E-state index >= 15 is 0 Å². The molecule has 0 saturated heterocycles. The maximum Gasteiger partial charge on any atom is 0.280 e. The molecule has 13 heteroatoms. The number of carbonyl (C=O) groups excluding carboxylic acids is 3. The van der Waals surface area contributed by atoms with Crippen molar-refractivity contribution >= 4 is 34.9 Å². The minimum atomic E-state index is -0.679. The van der Waals surface area contributed by atoms with Crippen LogP contribution in [0.15, 0.2) is 53.5 Å². The molecule has 0 unspecified atom stereocenters. The maximum atomic E-state index is 13.3. The van der Waals surface area contributed by atoms with Crippen molar-refractivity contribution in [1.82, 2.24) is 24.1 Å². The van der Waals surface area contributed by atoms with Gasteiger partial charge in [-0.2, -0.15) is 9.61 Å². The van der Waals surface area contributed by atoms with Crippen molar-refractivity contribution in [3.8, 4) is 0 Å². The standard InChI is InChI=1S/C25H21F2N7O4/c1-13(2)32-11-17-22(25(32)38)33(12-20(35)30-19-8-5-15(27)10-28-19)21-9-18(31-34(21)24(17)37)23(36)29-16-6-3-14(26)4-7-16/h3-10,13H,11-12H2,1-2H3,(H,29,36)(H,28,30,35). The number of nitrogens with one attached hydrogen (secondary N) is 2. The van der Waals surface area contributed by atoms with Gasteiger partial charge in [0, 0.05) is 17.8 Å². The normalized spacial score (nSPS) is 12.8. The van der Waals surface area contributed by atoms with Crippen molar-refractivity contribution in [2.75, 3.05) is 10.6 Å². The molecule has 0 aliphatic carbocycles. The Hall–Kier alpha value is -4.94. The molecule has 0 fully saturated rings. The molecule has 0 atom stereocenters. The number of benzene rings is 1. The third kappa shape index (κ3) is 4.49. The SMILES string of the molecule is CC(C)N1Cc2c(n(CC(=O)Nc3ccc(F)cn3)c3cc(C(=O)Nc4ccc(F)cc4)nn3c2=O)C1=O. The summed E-state index contributed by atoms with van der Waals surface area (Å²) in [6, 6.07) is 8.56. The van der Waals surface area contributed by atoms with E-state index < -0.39 is 41.5 Å². The molecule has 0 spiro atoms. The van der Waals surface area contributed by atoms with E-state index in [4.69, 9.17) is 0 Å². The number of hydrogen-bond acceptors (Lipinski definition) is 6. The summed E-state index contributed by atoms with van der Waals surface area (Å²) in [6.07, 6.45) is 0.942. The Balaban J connectivity index is 1.56. The summed E-state index contributed by atoms with van der Waals surface area (Å²) in [6.45, 7) is 3.19. The Morgan fingerprint density at radius 3 is 2.39 bits per heavy atom. The monoisotopic (exact) mass is 521 g/mol. The van der Waals surface area contributed by atoms with Gasteiger partial charge in [0.25, 0.3) is 17.4 Å². The van der Waals surface area contributed by atoms with Crippen molar-refractivity contribution in [2.45, 2.75) is 33.0 Å². The fourth-order valence-electron chi connectivity index (χ4n) is 4.18. The van der Waals surface area contributed by atoms with Crippen LogP contribution in [0.25, 0.3) is 5.65 Å². The van der Waals surface area contributed by atoms with Crippen molar-refractivity contribution in [3.63, 3.8) is 0 Å². The summed E-state index contributed by atoms with van der Waals surface area (Å²) >= 11 is 0. The van der Waals surface area contributed by atoms with E-state index in [9.17, 15) is 28.0 Å². The largest absolute Gasteiger partial charge is 0.330 e. The molecule has 0 bridgehead atoms. The highest BCUT2D eigenvalue weighted by Gasteiger charge is 2.36. The van der Waals surface area contributed by atoms with Gasteiger partial charge in [-0.1, -0.05) is 0 Å². The summed E-state index contributed by atoms with van der Waals surface area (Å²) in [5.41, 5.74) is -0.248. The molecule has 3 amide bonds. The first-order chi connectivity index (χ1) is 18.1. The molecule has 4 aromatic rings. The second kappa shape index (κ2) is 9.50. The van der Waals surface area contributed by atoms with Gasteiger partial charge in [0.1, 0.15) is 35.3 Å². The van der Waals surface area contributed by atoms with E-state index in [1.165, 1.54) is 45.9 Å². The molecular weight excluding hydrogens is 500 g/mol. The van der Waals surface area contributed by atoms with E-state index in [0.29, 0.717) is 5.69 Å². The van der Waals surface area contributed by atoms with E-state index in [0.717, 1.165) is 16.8 Å². The molecule has 1 aromatic carbocycles. The van der Waals surface area contributed by atoms with Crippen LogP contribution in [0, 0.1) is 11.6 Å². The molecule has 5 rings (SSSR count). The number of halogens is 2. The van der Waals surface area contributed by atoms with Gasteiger partial charge in [0.2, 0.25) is 5.91 Å². The average molecular weight is 521 g/mol. The number of fused-ring (bicyclic) bond motifs is 2. The fraction of sp³-hybridized carbons (Fsp3) is 0.200. The Kier molecular flexibility index (Phi) is 6.18. The van der Waals surface area contributed by atoms with Crippen molar-refractivity contribution in [3.05, 3.63) is 87.6 Å². The maximum absolute atomic E-state index is 13.3. The molecule has 194 valence electrons. The Morgan fingerprint density at radius 2 is 1.74 bits per heavy atom. The van der Waals surface area contributed by atoms with Gasteiger partial charge in [0.15, 0.2) is 5.69 Å². The zero-order chi connectivity index (χ0) is 27.1. The molecule has 0 saturated carbocycles. The number of hydrogen-bond donors (Lipinski definition) is 2. The zero-order valence-electron chi connectivity index (χ0n) is 20.2. The van der Waals surface area contributed by atoms with Crippen molar-refractivity contribution < 1.29 is 23.2 Å². The molecule has 11 nitrogen and oxygen atoms in total. The number of carbonyl (C=O) groups is 3. The first-order valence-corrected chi connectivity index (χ1v) is 11.6. The van der Waals surface area contributed by atoms with E-state index in [1.54, 1.807) is 13.8 Å². The summed E-state index contributed by atoms with van der Waals surface area (Å²) < 4.78 is 28.7. The lowest BCUT2D eigenvalue weighted by atomic mass is 10.2. The van der Waals surface area contributed by atoms with Crippen LogP contribution in [0.5, 0.6) is 0 Å². The fourth-order valence-corrected chi connectivity index (χ4v) is 4.18. The van der Waals surface area contributed by atoms with Crippen LogP contribution in [0.3, 0.4) is 0 Å². The van der Waals surface area contributed by atoms with Crippen LogP contribution in [0.4, 0.5) is 20.3 Å². The quantitative estimate of drug-likeness (QED) is 0.401. The Bertz CT molecular complexity index is 1640. The van der Waals surface area contributed by atoms with Gasteiger partial charge < -0.3 is 20.1 Å². The van der Waals surface area contributed by atoms with Crippen molar-refractivity contribution in [1.29, 1.82) is 0 Å². The van der Waals surface area contributed by atoms with Gasteiger partial charge in [0.05, 0.1) is 18.3 Å². The van der Waals surface area contributed by atoms with E-state index in [-0.39, 0.29) is 41.0 Å². The molecular formula is C25H21F2N7O4. The van der Waals surface area contributed by atoms with Crippen LogP contribution in [0.2, 0.25) is 0 Å². The topological polar surface area (TPSA) is 131 Å². The third-order valence-electron chi connectivity index (χ3n) is 6.02. The summed E-state index contributed by atoms with van der Waals surface area (Å²) in [4.78, 5) is 57.7. The smallest absolute Gasteiger partial charge is 0.280 e. The predicted molar refractivity (Wildman–Crippen MR) is 132 cm³/mol. The molecule has 4 heterocycles. The van der Waals surface area contributed by atoms with Gasteiger partial charge in [-0.25, -0.2) is 13.8 Å². The molecule has 0 radical (unpaired) electrons. The van der Waals surface area contributed by atoms with Crippen LogP contribution >= 0.6 is 0 Å². The lowest BCUT2D eigenvalue weighted by Gasteiger charge is -2.20. The highest BCUT2D eigenvalue weighted by atomic mass is 19.1. The number of aromatic nitrogens is 4. The minimum absolute atomic E-state index is 0.0126. The lowest BCUT2D eigenvalue weighted by molar-refractivity contribution is -0.116. The first-order valence-electron chi connectivity index (χ1n) is 11.6. The Labute approximate surface area is 213 Å². The Morgan fingerprint density at radius 1 is 1.03 bits per heavy atom. The van der Waals surface area contributed by atoms with Gasteiger partial charge in [-0.15, -0.1) is 0 Å². The van der Waals surface area contributed by atoms with Crippen LogP contribution in [-0.2, 0) is 17.9 Å². The summed E-state index contributed by atoms with van der Waals surface area (Å²) in [7, 11) is 0. The second-order valence-electron chi connectivity index (χ2n) is 8.92. The first kappa shape index (κ1) is 24.7. The van der Waals surface area contributed by atoms with Gasteiger partial charge in [-0.3, -0.25) is 19.2 Å². The number of rotatable bonds is 6. The number of amides is 3. The second-order valence-corrected chi connectivity index (χ2v) is 8.92. The number of pyridine rings is 1. The molecule has 38 heavy (non-hydrogen) atoms. The third-order valence-corrected chi connectivity index (χ3v) is 6.02. The van der Waals surface area contributed by atoms with Gasteiger partial charge in [-0.05, 0) is 50.2 Å². The van der Waals surface area contributed by atoms with E-state index in [1.807, 2.05) is 0 Å². The molecule has 2 N–H and O–H groups in total. The average Bonchev–Trinajstić information content (AvgIpc) is 3.47. The van der Waals surface area contributed by atoms with Crippen LogP contribution in [-0.4, -0.2) is 47.8 Å². The highest BCUT2D eigenvalue weighted by molar-refractivity contribution is 6.04. The molecule has 3 aromatic heterocycles. The summed E-state index contributed by atoms with van der Waals surface area (Å²) in [5, 5.41) is 9.23.